The number of hydrogen-bond donors (Lipinski definition) is 1. The Balaban J connectivity index is 2.30. The molecule has 0 bridgehead atoms. The molecule has 1 heterocycles. The van der Waals surface area contributed by atoms with Crippen LogP contribution in [0.5, 0.6) is 0 Å². The lowest BCUT2D eigenvalue weighted by atomic mass is 10.1. The molecule has 1 aromatic carbocycles. The average Bonchev–Trinajstić information content (AvgIpc) is 2.46. The van der Waals surface area contributed by atoms with Crippen LogP contribution in [0.15, 0.2) is 42.6 Å². The minimum atomic E-state index is 0.374. The Morgan fingerprint density at radius 3 is 2.61 bits per heavy atom. The van der Waals surface area contributed by atoms with Crippen molar-refractivity contribution in [3.8, 4) is 11.3 Å². The summed E-state index contributed by atoms with van der Waals surface area (Å²) in [4.78, 5) is 9.09. The molecule has 0 saturated heterocycles. The number of nitrogens with zero attached hydrogens (tertiary/aromatic N) is 2. The maximum absolute atomic E-state index is 4.68. The highest BCUT2D eigenvalue weighted by atomic mass is 14.9. The molecule has 0 aliphatic carbocycles. The van der Waals surface area contributed by atoms with Crippen molar-refractivity contribution >= 4 is 0 Å². The van der Waals surface area contributed by atoms with Gasteiger partial charge in [0.05, 0.1) is 5.69 Å². The second-order valence-corrected chi connectivity index (χ2v) is 4.33. The maximum atomic E-state index is 4.68. The van der Waals surface area contributed by atoms with E-state index in [0.717, 1.165) is 30.0 Å². The van der Waals surface area contributed by atoms with Gasteiger partial charge in [-0.3, -0.25) is 0 Å². The summed E-state index contributed by atoms with van der Waals surface area (Å²) in [6.45, 7) is 3.08. The summed E-state index contributed by atoms with van der Waals surface area (Å²) in [5, 5.41) is 3.20. The molecular formula is C15H19N3. The van der Waals surface area contributed by atoms with Crippen molar-refractivity contribution in [2.75, 3.05) is 13.6 Å². The largest absolute Gasteiger partial charge is 0.319 e. The lowest BCUT2D eigenvalue weighted by Gasteiger charge is -2.13. The van der Waals surface area contributed by atoms with Gasteiger partial charge in [0.25, 0.3) is 0 Å². The van der Waals surface area contributed by atoms with Crippen LogP contribution in [0.4, 0.5) is 0 Å². The second kappa shape index (κ2) is 6.26. The van der Waals surface area contributed by atoms with Gasteiger partial charge in [0.2, 0.25) is 0 Å². The highest BCUT2D eigenvalue weighted by molar-refractivity contribution is 5.58. The van der Waals surface area contributed by atoms with Crippen molar-refractivity contribution < 1.29 is 0 Å². The van der Waals surface area contributed by atoms with Crippen LogP contribution in [-0.4, -0.2) is 23.6 Å². The fourth-order valence-electron chi connectivity index (χ4n) is 2.00. The SMILES string of the molecule is CCC(CNC)c1nccc(-c2ccccc2)n1. The maximum Gasteiger partial charge on any atom is 0.133 e. The first-order valence-corrected chi connectivity index (χ1v) is 6.38. The van der Waals surface area contributed by atoms with E-state index >= 15 is 0 Å². The normalized spacial score (nSPS) is 12.3. The van der Waals surface area contributed by atoms with Crippen molar-refractivity contribution in [1.29, 1.82) is 0 Å². The van der Waals surface area contributed by atoms with Crippen molar-refractivity contribution in [2.45, 2.75) is 19.3 Å². The van der Waals surface area contributed by atoms with Gasteiger partial charge < -0.3 is 5.32 Å². The molecule has 0 aliphatic rings. The van der Waals surface area contributed by atoms with E-state index in [-0.39, 0.29) is 0 Å². The first-order valence-electron chi connectivity index (χ1n) is 6.38. The Hall–Kier alpha value is -1.74. The molecule has 18 heavy (non-hydrogen) atoms. The molecular weight excluding hydrogens is 222 g/mol. The highest BCUT2D eigenvalue weighted by Gasteiger charge is 2.12. The third-order valence-corrected chi connectivity index (χ3v) is 3.05. The highest BCUT2D eigenvalue weighted by Crippen LogP contribution is 2.19. The fraction of sp³-hybridized carbons (Fsp3) is 0.333. The number of likely N-dealkylation sites (N-methyl/N-ethyl adjacent to an activating group) is 1. The molecule has 1 atom stereocenters. The van der Waals surface area contributed by atoms with E-state index in [1.807, 2.05) is 37.5 Å². The first-order chi connectivity index (χ1) is 8.85. The molecule has 2 aromatic rings. The first kappa shape index (κ1) is 12.7. The van der Waals surface area contributed by atoms with Crippen LogP contribution >= 0.6 is 0 Å². The van der Waals surface area contributed by atoms with Crippen molar-refractivity contribution in [1.82, 2.24) is 15.3 Å². The number of aromatic nitrogens is 2. The Labute approximate surface area is 108 Å². The minimum absolute atomic E-state index is 0.374. The summed E-state index contributed by atoms with van der Waals surface area (Å²) >= 11 is 0. The van der Waals surface area contributed by atoms with Crippen LogP contribution in [0.3, 0.4) is 0 Å². The van der Waals surface area contributed by atoms with Crippen LogP contribution in [0.1, 0.15) is 25.1 Å². The summed E-state index contributed by atoms with van der Waals surface area (Å²) in [6.07, 6.45) is 2.89. The lowest BCUT2D eigenvalue weighted by molar-refractivity contribution is 0.580. The monoisotopic (exact) mass is 241 g/mol. The number of hydrogen-bond acceptors (Lipinski definition) is 3. The Bertz CT molecular complexity index is 482. The lowest BCUT2D eigenvalue weighted by Crippen LogP contribution is -2.18. The number of nitrogens with one attached hydrogen (secondary N) is 1. The third-order valence-electron chi connectivity index (χ3n) is 3.05. The smallest absolute Gasteiger partial charge is 0.133 e. The van der Waals surface area contributed by atoms with Crippen LogP contribution in [0, 0.1) is 0 Å². The molecule has 3 nitrogen and oxygen atoms in total. The topological polar surface area (TPSA) is 37.8 Å². The van der Waals surface area contributed by atoms with Crippen molar-refractivity contribution in [2.24, 2.45) is 0 Å². The summed E-state index contributed by atoms with van der Waals surface area (Å²) in [5.41, 5.74) is 2.13. The van der Waals surface area contributed by atoms with E-state index in [2.05, 4.69) is 34.3 Å². The zero-order valence-corrected chi connectivity index (χ0v) is 10.9. The standard InChI is InChI=1S/C15H19N3/c1-3-12(11-16-2)15-17-10-9-14(18-15)13-7-5-4-6-8-13/h4-10,12,16H,3,11H2,1-2H3. The van der Waals surface area contributed by atoms with E-state index in [1.54, 1.807) is 0 Å². The molecule has 0 fully saturated rings. The zero-order valence-electron chi connectivity index (χ0n) is 10.9. The molecule has 1 N–H and O–H groups in total. The van der Waals surface area contributed by atoms with Gasteiger partial charge in [-0.1, -0.05) is 37.3 Å². The van der Waals surface area contributed by atoms with Gasteiger partial charge in [0.1, 0.15) is 5.82 Å². The van der Waals surface area contributed by atoms with E-state index in [0.29, 0.717) is 5.92 Å². The van der Waals surface area contributed by atoms with Crippen molar-refractivity contribution in [3.63, 3.8) is 0 Å². The number of rotatable bonds is 5. The van der Waals surface area contributed by atoms with Gasteiger partial charge in [-0.2, -0.15) is 0 Å². The van der Waals surface area contributed by atoms with Gasteiger partial charge in [-0.25, -0.2) is 9.97 Å². The second-order valence-electron chi connectivity index (χ2n) is 4.33. The van der Waals surface area contributed by atoms with E-state index in [9.17, 15) is 0 Å². The molecule has 3 heteroatoms. The third kappa shape index (κ3) is 2.93. The molecule has 0 spiro atoms. The van der Waals surface area contributed by atoms with Crippen LogP contribution in [0.2, 0.25) is 0 Å². The van der Waals surface area contributed by atoms with Gasteiger partial charge in [0, 0.05) is 24.2 Å². The number of benzene rings is 1. The van der Waals surface area contributed by atoms with Crippen LogP contribution < -0.4 is 5.32 Å². The molecule has 0 radical (unpaired) electrons. The minimum Gasteiger partial charge on any atom is -0.319 e. The van der Waals surface area contributed by atoms with E-state index < -0.39 is 0 Å². The van der Waals surface area contributed by atoms with Gasteiger partial charge >= 0.3 is 0 Å². The summed E-state index contributed by atoms with van der Waals surface area (Å²) in [5.74, 6) is 1.30. The predicted molar refractivity (Wildman–Crippen MR) is 74.4 cm³/mol. The average molecular weight is 241 g/mol. The van der Waals surface area contributed by atoms with Crippen molar-refractivity contribution in [3.05, 3.63) is 48.4 Å². The molecule has 2 rings (SSSR count). The van der Waals surface area contributed by atoms with Gasteiger partial charge in [-0.15, -0.1) is 0 Å². The van der Waals surface area contributed by atoms with Gasteiger partial charge in [0.15, 0.2) is 0 Å². The molecule has 0 saturated carbocycles. The molecule has 0 amide bonds. The predicted octanol–water partition coefficient (Wildman–Crippen LogP) is 2.86. The molecule has 0 aliphatic heterocycles. The molecule has 94 valence electrons. The fourth-order valence-corrected chi connectivity index (χ4v) is 2.00. The van der Waals surface area contributed by atoms with E-state index in [4.69, 9.17) is 0 Å². The quantitative estimate of drug-likeness (QED) is 0.874. The summed E-state index contributed by atoms with van der Waals surface area (Å²) in [7, 11) is 1.96. The molecule has 1 unspecified atom stereocenters. The summed E-state index contributed by atoms with van der Waals surface area (Å²) in [6, 6.07) is 12.2. The Morgan fingerprint density at radius 1 is 1.17 bits per heavy atom. The van der Waals surface area contributed by atoms with Crippen LogP contribution in [-0.2, 0) is 0 Å². The molecule has 1 aromatic heterocycles. The Kier molecular flexibility index (Phi) is 4.42. The Morgan fingerprint density at radius 2 is 1.94 bits per heavy atom. The van der Waals surface area contributed by atoms with E-state index in [1.165, 1.54) is 0 Å². The summed E-state index contributed by atoms with van der Waals surface area (Å²) < 4.78 is 0. The van der Waals surface area contributed by atoms with Crippen LogP contribution in [0.25, 0.3) is 11.3 Å². The zero-order chi connectivity index (χ0) is 12.8. The van der Waals surface area contributed by atoms with Gasteiger partial charge in [-0.05, 0) is 19.5 Å².